The van der Waals surface area contributed by atoms with Crippen molar-refractivity contribution in [3.63, 3.8) is 0 Å². The van der Waals surface area contributed by atoms with E-state index in [-0.39, 0.29) is 5.02 Å². The lowest BCUT2D eigenvalue weighted by Gasteiger charge is -2.03. The summed E-state index contributed by atoms with van der Waals surface area (Å²) in [6.45, 7) is 0. The first kappa shape index (κ1) is 10.7. The van der Waals surface area contributed by atoms with E-state index < -0.39 is 25.8 Å². The van der Waals surface area contributed by atoms with Gasteiger partial charge >= 0.3 is 0 Å². The fourth-order valence-corrected chi connectivity index (χ4v) is 2.16. The molecule has 0 aliphatic heterocycles. The lowest BCUT2D eigenvalue weighted by molar-refractivity contribution is 0.568. The number of primary sulfonamides is 1. The van der Waals surface area contributed by atoms with Crippen molar-refractivity contribution in [2.75, 3.05) is 0 Å². The number of halogens is 3. The second kappa shape index (κ2) is 3.42. The number of nitrogens with two attached hydrogens (primary N) is 1. The van der Waals surface area contributed by atoms with Crippen LogP contribution in [0.1, 0.15) is 0 Å². The second-order valence-corrected chi connectivity index (χ2v) is 4.50. The highest BCUT2D eigenvalue weighted by molar-refractivity contribution is 7.89. The van der Waals surface area contributed by atoms with E-state index >= 15 is 0 Å². The van der Waals surface area contributed by atoms with Gasteiger partial charge in [0, 0.05) is 0 Å². The van der Waals surface area contributed by atoms with Crippen LogP contribution in [0, 0.1) is 5.82 Å². The van der Waals surface area contributed by atoms with E-state index in [1.807, 2.05) is 0 Å². The molecule has 72 valence electrons. The summed E-state index contributed by atoms with van der Waals surface area (Å²) in [5, 5.41) is 4.25. The van der Waals surface area contributed by atoms with Crippen molar-refractivity contribution >= 4 is 33.2 Å². The minimum atomic E-state index is -4.18. The number of rotatable bonds is 1. The molecule has 0 amide bonds. The topological polar surface area (TPSA) is 60.2 Å². The molecule has 0 heterocycles. The molecule has 0 aliphatic carbocycles. The van der Waals surface area contributed by atoms with Crippen molar-refractivity contribution in [3.05, 3.63) is 28.0 Å². The highest BCUT2D eigenvalue weighted by Crippen LogP contribution is 2.30. The lowest BCUT2D eigenvalue weighted by Crippen LogP contribution is -2.14. The molecule has 7 heteroatoms. The molecule has 0 saturated heterocycles. The van der Waals surface area contributed by atoms with E-state index in [4.69, 9.17) is 28.3 Å². The zero-order valence-corrected chi connectivity index (χ0v) is 8.42. The molecular weight excluding hydrogens is 240 g/mol. The summed E-state index contributed by atoms with van der Waals surface area (Å²) in [5.74, 6) is -1.02. The minimum absolute atomic E-state index is 0.0629. The van der Waals surface area contributed by atoms with Crippen molar-refractivity contribution in [3.8, 4) is 0 Å². The third-order valence-corrected chi connectivity index (χ3v) is 3.17. The van der Waals surface area contributed by atoms with Crippen LogP contribution in [-0.4, -0.2) is 8.42 Å². The fourth-order valence-electron chi connectivity index (χ4n) is 0.769. The Morgan fingerprint density at radius 1 is 1.31 bits per heavy atom. The maximum atomic E-state index is 12.9. The van der Waals surface area contributed by atoms with Crippen LogP contribution in [0.25, 0.3) is 0 Å². The Morgan fingerprint density at radius 2 is 1.85 bits per heavy atom. The molecule has 0 saturated carbocycles. The zero-order chi connectivity index (χ0) is 10.2. The van der Waals surface area contributed by atoms with Gasteiger partial charge in [0.05, 0.1) is 10.0 Å². The van der Waals surface area contributed by atoms with Crippen molar-refractivity contribution in [1.29, 1.82) is 0 Å². The summed E-state index contributed by atoms with van der Waals surface area (Å²) in [5.41, 5.74) is 0. The molecule has 0 aliphatic rings. The van der Waals surface area contributed by atoms with E-state index in [1.54, 1.807) is 0 Å². The Morgan fingerprint density at radius 3 is 2.23 bits per heavy atom. The van der Waals surface area contributed by atoms with E-state index in [0.29, 0.717) is 0 Å². The first-order chi connectivity index (χ1) is 5.84. The molecule has 0 fully saturated rings. The number of sulfonamides is 1. The van der Waals surface area contributed by atoms with Crippen molar-refractivity contribution < 1.29 is 12.8 Å². The van der Waals surface area contributed by atoms with Crippen molar-refractivity contribution in [1.82, 2.24) is 0 Å². The van der Waals surface area contributed by atoms with Crippen LogP contribution in [0.15, 0.2) is 17.0 Å². The molecule has 1 aromatic carbocycles. The van der Waals surface area contributed by atoms with Gasteiger partial charge in [-0.2, -0.15) is 0 Å². The standard InChI is InChI=1S/C6H4Cl2FNO2S/c7-3-1-2-4(9)6(5(3)8)13(10,11)12/h1-2H,(H2,10,11,12). The predicted octanol–water partition coefficient (Wildman–Crippen LogP) is 1.78. The summed E-state index contributed by atoms with van der Waals surface area (Å²) in [4.78, 5) is -0.776. The molecule has 3 nitrogen and oxygen atoms in total. The van der Waals surface area contributed by atoms with Gasteiger partial charge in [-0.3, -0.25) is 0 Å². The van der Waals surface area contributed by atoms with Crippen LogP contribution in [-0.2, 0) is 10.0 Å². The van der Waals surface area contributed by atoms with Gasteiger partial charge in [0.15, 0.2) is 0 Å². The molecule has 1 aromatic rings. The SMILES string of the molecule is NS(=O)(=O)c1c(F)ccc(Cl)c1Cl. The number of benzene rings is 1. The fraction of sp³-hybridized carbons (Fsp3) is 0. The zero-order valence-electron chi connectivity index (χ0n) is 6.09. The average molecular weight is 244 g/mol. The van der Waals surface area contributed by atoms with E-state index in [9.17, 15) is 12.8 Å². The quantitative estimate of drug-likeness (QED) is 0.765. The van der Waals surface area contributed by atoms with Gasteiger partial charge in [-0.05, 0) is 12.1 Å². The Balaban J connectivity index is 3.62. The Bertz CT molecular complexity index is 446. The van der Waals surface area contributed by atoms with Crippen LogP contribution < -0.4 is 5.14 Å². The highest BCUT2D eigenvalue weighted by Gasteiger charge is 2.20. The minimum Gasteiger partial charge on any atom is -0.224 e. The monoisotopic (exact) mass is 243 g/mol. The smallest absolute Gasteiger partial charge is 0.224 e. The van der Waals surface area contributed by atoms with E-state index in [0.717, 1.165) is 12.1 Å². The maximum absolute atomic E-state index is 12.9. The first-order valence-corrected chi connectivity index (χ1v) is 5.30. The van der Waals surface area contributed by atoms with Gasteiger partial charge in [-0.1, -0.05) is 23.2 Å². The largest absolute Gasteiger partial charge is 0.242 e. The second-order valence-electron chi connectivity index (χ2n) is 2.22. The Labute approximate surface area is 84.3 Å². The van der Waals surface area contributed by atoms with E-state index in [1.165, 1.54) is 0 Å². The van der Waals surface area contributed by atoms with Gasteiger partial charge in [0.1, 0.15) is 10.7 Å². The molecule has 0 spiro atoms. The van der Waals surface area contributed by atoms with Crippen molar-refractivity contribution in [2.45, 2.75) is 4.90 Å². The molecule has 0 unspecified atom stereocenters. The third-order valence-electron chi connectivity index (χ3n) is 1.29. The summed E-state index contributed by atoms with van der Waals surface area (Å²) in [7, 11) is -4.18. The number of hydrogen-bond acceptors (Lipinski definition) is 2. The number of hydrogen-bond donors (Lipinski definition) is 1. The Hall–Kier alpha value is -0.360. The van der Waals surface area contributed by atoms with Crippen LogP contribution in [0.2, 0.25) is 10.0 Å². The van der Waals surface area contributed by atoms with Crippen LogP contribution >= 0.6 is 23.2 Å². The normalized spacial score (nSPS) is 11.7. The molecule has 13 heavy (non-hydrogen) atoms. The summed E-state index contributed by atoms with van der Waals surface area (Å²) in [6.07, 6.45) is 0. The molecule has 0 bridgehead atoms. The molecule has 0 atom stereocenters. The van der Waals surface area contributed by atoms with Gasteiger partial charge in [0.25, 0.3) is 0 Å². The van der Waals surface area contributed by atoms with Crippen LogP contribution in [0.3, 0.4) is 0 Å². The van der Waals surface area contributed by atoms with Gasteiger partial charge in [-0.15, -0.1) is 0 Å². The van der Waals surface area contributed by atoms with Gasteiger partial charge < -0.3 is 0 Å². The van der Waals surface area contributed by atoms with E-state index in [2.05, 4.69) is 0 Å². The molecular formula is C6H4Cl2FNO2S. The van der Waals surface area contributed by atoms with Gasteiger partial charge in [-0.25, -0.2) is 17.9 Å². The molecule has 2 N–H and O–H groups in total. The lowest BCUT2D eigenvalue weighted by atomic mass is 10.3. The first-order valence-electron chi connectivity index (χ1n) is 3.00. The van der Waals surface area contributed by atoms with Crippen molar-refractivity contribution in [2.24, 2.45) is 5.14 Å². The summed E-state index contributed by atoms with van der Waals surface area (Å²) in [6, 6.07) is 2.03. The Kier molecular flexibility index (Phi) is 2.82. The van der Waals surface area contributed by atoms with Crippen LogP contribution in [0.5, 0.6) is 0 Å². The third kappa shape index (κ3) is 2.11. The molecule has 0 aromatic heterocycles. The molecule has 1 rings (SSSR count). The average Bonchev–Trinajstić information content (AvgIpc) is 1.95. The maximum Gasteiger partial charge on any atom is 0.242 e. The summed E-state index contributed by atoms with van der Waals surface area (Å²) >= 11 is 10.9. The highest BCUT2D eigenvalue weighted by atomic mass is 35.5. The predicted molar refractivity (Wildman–Crippen MR) is 47.8 cm³/mol. The van der Waals surface area contributed by atoms with Gasteiger partial charge in [0.2, 0.25) is 10.0 Å². The van der Waals surface area contributed by atoms with Crippen LogP contribution in [0.4, 0.5) is 4.39 Å². The molecule has 0 radical (unpaired) electrons. The summed E-state index contributed by atoms with van der Waals surface area (Å²) < 4.78 is 34.6.